The van der Waals surface area contributed by atoms with Crippen LogP contribution in [0.1, 0.15) is 5.56 Å². The molecule has 0 atom stereocenters. The molecule has 0 bridgehead atoms. The Hall–Kier alpha value is -3.44. The summed E-state index contributed by atoms with van der Waals surface area (Å²) in [6, 6.07) is 19.5. The molecule has 0 fully saturated rings. The van der Waals surface area contributed by atoms with Crippen molar-refractivity contribution in [1.82, 2.24) is 0 Å². The number of sulfonamides is 1. The lowest BCUT2D eigenvalue weighted by molar-refractivity contribution is -0.116. The number of hydrogen-bond donors (Lipinski definition) is 2. The third kappa shape index (κ3) is 6.05. The molecule has 3 aromatic carbocycles. The SMILES string of the molecule is NC(=O)CN(Cc1ccccc1)c1cccc(NS(=O)(=O)c2ccc(S(=O)(=O)F)cc2)c1. The fourth-order valence-electron chi connectivity index (χ4n) is 2.99. The monoisotopic (exact) mass is 477 g/mol. The van der Waals surface area contributed by atoms with Crippen LogP contribution in [-0.4, -0.2) is 29.3 Å². The van der Waals surface area contributed by atoms with Crippen LogP contribution in [0.25, 0.3) is 0 Å². The number of amides is 1. The van der Waals surface area contributed by atoms with Crippen molar-refractivity contribution in [2.75, 3.05) is 16.2 Å². The first-order valence-electron chi connectivity index (χ1n) is 9.29. The van der Waals surface area contributed by atoms with Crippen molar-refractivity contribution in [1.29, 1.82) is 0 Å². The summed E-state index contributed by atoms with van der Waals surface area (Å²) in [5, 5.41) is 0. The first-order chi connectivity index (χ1) is 15.0. The minimum atomic E-state index is -4.93. The number of carbonyl (C=O) groups excluding carboxylic acids is 1. The van der Waals surface area contributed by atoms with Gasteiger partial charge in [-0.05, 0) is 48.0 Å². The molecule has 0 unspecified atom stereocenters. The number of benzene rings is 3. The van der Waals surface area contributed by atoms with Crippen molar-refractivity contribution in [3.05, 3.63) is 84.4 Å². The third-order valence-corrected chi connectivity index (χ3v) is 6.67. The van der Waals surface area contributed by atoms with Crippen molar-refractivity contribution >= 4 is 37.5 Å². The van der Waals surface area contributed by atoms with Gasteiger partial charge in [0.25, 0.3) is 10.0 Å². The van der Waals surface area contributed by atoms with Gasteiger partial charge in [-0.3, -0.25) is 9.52 Å². The highest BCUT2D eigenvalue weighted by molar-refractivity contribution is 7.92. The number of nitrogens with zero attached hydrogens (tertiary/aromatic N) is 1. The molecule has 0 spiro atoms. The van der Waals surface area contributed by atoms with Gasteiger partial charge in [0.1, 0.15) is 0 Å². The number of rotatable bonds is 9. The smallest absolute Gasteiger partial charge is 0.332 e. The second-order valence-electron chi connectivity index (χ2n) is 6.87. The van der Waals surface area contributed by atoms with Crippen LogP contribution in [0.5, 0.6) is 0 Å². The Bertz CT molecular complexity index is 1310. The van der Waals surface area contributed by atoms with Crippen LogP contribution in [-0.2, 0) is 31.6 Å². The Morgan fingerprint density at radius 3 is 2.09 bits per heavy atom. The predicted octanol–water partition coefficient (Wildman–Crippen LogP) is 2.64. The van der Waals surface area contributed by atoms with Crippen LogP contribution < -0.4 is 15.4 Å². The molecule has 168 valence electrons. The molecule has 0 aliphatic rings. The standard InChI is InChI=1S/C21H20FN3O5S2/c22-31(27,28)19-9-11-20(12-10-19)32(29,30)24-17-7-4-8-18(13-17)25(15-21(23)26)14-16-5-2-1-3-6-16/h1-13,24H,14-15H2,(H2,23,26). The highest BCUT2D eigenvalue weighted by Gasteiger charge is 2.18. The summed E-state index contributed by atoms with van der Waals surface area (Å²) in [5.74, 6) is -0.546. The van der Waals surface area contributed by atoms with Crippen molar-refractivity contribution in [3.63, 3.8) is 0 Å². The van der Waals surface area contributed by atoms with Crippen LogP contribution in [0.3, 0.4) is 0 Å². The summed E-state index contributed by atoms with van der Waals surface area (Å²) in [6.45, 7) is 0.295. The molecule has 0 aromatic heterocycles. The van der Waals surface area contributed by atoms with E-state index in [4.69, 9.17) is 5.73 Å². The fraction of sp³-hybridized carbons (Fsp3) is 0.0952. The van der Waals surface area contributed by atoms with Crippen LogP contribution in [0, 0.1) is 0 Å². The average Bonchev–Trinajstić information content (AvgIpc) is 2.73. The summed E-state index contributed by atoms with van der Waals surface area (Å²) < 4.78 is 62.6. The van der Waals surface area contributed by atoms with Gasteiger partial charge in [0.2, 0.25) is 5.91 Å². The van der Waals surface area contributed by atoms with Crippen molar-refractivity contribution < 1.29 is 25.5 Å². The van der Waals surface area contributed by atoms with Crippen molar-refractivity contribution in [3.8, 4) is 0 Å². The first-order valence-corrected chi connectivity index (χ1v) is 12.2. The lowest BCUT2D eigenvalue weighted by Gasteiger charge is -2.24. The molecule has 0 aliphatic heterocycles. The summed E-state index contributed by atoms with van der Waals surface area (Å²) in [5.41, 5.74) is 7.09. The largest absolute Gasteiger partial charge is 0.368 e. The van der Waals surface area contributed by atoms with E-state index < -0.39 is 31.0 Å². The quantitative estimate of drug-likeness (QED) is 0.456. The van der Waals surface area contributed by atoms with Gasteiger partial charge < -0.3 is 10.6 Å². The lowest BCUT2D eigenvalue weighted by Crippen LogP contribution is -2.33. The first kappa shape index (κ1) is 23.2. The number of anilines is 2. The molecular formula is C21H20FN3O5S2. The Kier molecular flexibility index (Phi) is 6.80. The molecule has 1 amide bonds. The highest BCUT2D eigenvalue weighted by atomic mass is 32.3. The summed E-state index contributed by atoms with van der Waals surface area (Å²) in [6.07, 6.45) is 0. The van der Waals surface area contributed by atoms with E-state index in [9.17, 15) is 25.5 Å². The second-order valence-corrected chi connectivity index (χ2v) is 9.90. The van der Waals surface area contributed by atoms with E-state index in [0.717, 1.165) is 29.8 Å². The number of halogens is 1. The molecule has 0 saturated carbocycles. The van der Waals surface area contributed by atoms with Gasteiger partial charge in [-0.1, -0.05) is 36.4 Å². The van der Waals surface area contributed by atoms with Crippen LogP contribution in [0.2, 0.25) is 0 Å². The van der Waals surface area contributed by atoms with E-state index in [1.54, 1.807) is 23.1 Å². The van der Waals surface area contributed by atoms with E-state index in [1.165, 1.54) is 6.07 Å². The van der Waals surface area contributed by atoms with E-state index in [2.05, 4.69) is 4.72 Å². The summed E-state index contributed by atoms with van der Waals surface area (Å²) in [4.78, 5) is 12.4. The van der Waals surface area contributed by atoms with E-state index in [-0.39, 0.29) is 17.1 Å². The Morgan fingerprint density at radius 1 is 0.875 bits per heavy atom. The zero-order chi connectivity index (χ0) is 23.4. The van der Waals surface area contributed by atoms with Crippen LogP contribution >= 0.6 is 0 Å². The Labute approximate surface area is 185 Å². The normalized spacial score (nSPS) is 11.7. The molecule has 3 N–H and O–H groups in total. The maximum Gasteiger partial charge on any atom is 0.332 e. The van der Waals surface area contributed by atoms with Gasteiger partial charge in [0.15, 0.2) is 0 Å². The summed E-state index contributed by atoms with van der Waals surface area (Å²) >= 11 is 0. The van der Waals surface area contributed by atoms with E-state index in [0.29, 0.717) is 12.2 Å². The van der Waals surface area contributed by atoms with Crippen LogP contribution in [0.15, 0.2) is 88.7 Å². The highest BCUT2D eigenvalue weighted by Crippen LogP contribution is 2.24. The van der Waals surface area contributed by atoms with Gasteiger partial charge in [0.05, 0.1) is 22.0 Å². The molecule has 11 heteroatoms. The maximum atomic E-state index is 13.0. The Morgan fingerprint density at radius 2 is 1.50 bits per heavy atom. The number of primary amides is 1. The lowest BCUT2D eigenvalue weighted by atomic mass is 10.2. The van der Waals surface area contributed by atoms with Gasteiger partial charge in [-0.2, -0.15) is 8.42 Å². The average molecular weight is 478 g/mol. The van der Waals surface area contributed by atoms with Gasteiger partial charge in [0, 0.05) is 12.2 Å². The molecule has 0 aliphatic carbocycles. The number of nitrogens with two attached hydrogens (primary N) is 1. The zero-order valence-electron chi connectivity index (χ0n) is 16.7. The fourth-order valence-corrected chi connectivity index (χ4v) is 4.50. The molecule has 0 saturated heterocycles. The predicted molar refractivity (Wildman–Crippen MR) is 119 cm³/mol. The molecular weight excluding hydrogens is 457 g/mol. The van der Waals surface area contributed by atoms with Crippen LogP contribution in [0.4, 0.5) is 15.3 Å². The molecule has 32 heavy (non-hydrogen) atoms. The second kappa shape index (κ2) is 9.37. The Balaban J connectivity index is 1.85. The van der Waals surface area contributed by atoms with Gasteiger partial charge in [-0.25, -0.2) is 8.42 Å². The van der Waals surface area contributed by atoms with E-state index >= 15 is 0 Å². The van der Waals surface area contributed by atoms with Gasteiger partial charge in [-0.15, -0.1) is 3.89 Å². The zero-order valence-corrected chi connectivity index (χ0v) is 18.3. The number of carbonyl (C=O) groups is 1. The van der Waals surface area contributed by atoms with E-state index in [1.807, 2.05) is 30.3 Å². The topological polar surface area (TPSA) is 127 Å². The minimum absolute atomic E-state index is 0.0791. The molecule has 3 rings (SSSR count). The van der Waals surface area contributed by atoms with Crippen molar-refractivity contribution in [2.45, 2.75) is 16.3 Å². The number of hydrogen-bond acceptors (Lipinski definition) is 6. The number of nitrogens with one attached hydrogen (secondary N) is 1. The third-order valence-electron chi connectivity index (χ3n) is 4.44. The summed E-state index contributed by atoms with van der Waals surface area (Å²) in [7, 11) is -9.01. The maximum absolute atomic E-state index is 13.0. The van der Waals surface area contributed by atoms with Gasteiger partial charge >= 0.3 is 10.2 Å². The minimum Gasteiger partial charge on any atom is -0.368 e. The molecule has 0 radical (unpaired) electrons. The molecule has 0 heterocycles. The molecule has 3 aromatic rings. The van der Waals surface area contributed by atoms with Crippen molar-refractivity contribution in [2.24, 2.45) is 5.73 Å². The molecule has 8 nitrogen and oxygen atoms in total.